The number of guanidine groups is 1. The molecule has 5 N–H and O–H groups in total. The fourth-order valence-electron chi connectivity index (χ4n) is 1.95. The van der Waals surface area contributed by atoms with Gasteiger partial charge in [-0.1, -0.05) is 18.2 Å². The Hall–Kier alpha value is -2.34. The van der Waals surface area contributed by atoms with Crippen LogP contribution in [0.2, 0.25) is 0 Å². The number of benzene rings is 1. The molecule has 96 valence electrons. The van der Waals surface area contributed by atoms with Crippen molar-refractivity contribution < 1.29 is 0 Å². The lowest BCUT2D eigenvalue weighted by molar-refractivity contribution is 1.03. The molecule has 0 saturated heterocycles. The lowest BCUT2D eigenvalue weighted by Crippen LogP contribution is -2.22. The number of hydrogen-bond donors (Lipinski definition) is 3. The van der Waals surface area contributed by atoms with Crippen LogP contribution in [0.5, 0.6) is 0 Å². The summed E-state index contributed by atoms with van der Waals surface area (Å²) in [6, 6.07) is 8.15. The largest absolute Gasteiger partial charge is 0.370 e. The Morgan fingerprint density at radius 1 is 1.32 bits per heavy atom. The molecule has 0 aliphatic heterocycles. The molecule has 0 atom stereocenters. The van der Waals surface area contributed by atoms with Gasteiger partial charge in [-0.2, -0.15) is 0 Å². The van der Waals surface area contributed by atoms with Crippen molar-refractivity contribution in [1.82, 2.24) is 9.97 Å². The predicted octanol–water partition coefficient (Wildman–Crippen LogP) is 2.06. The van der Waals surface area contributed by atoms with Crippen molar-refractivity contribution in [3.63, 3.8) is 0 Å². The molecule has 2 heterocycles. The molecule has 0 saturated carbocycles. The summed E-state index contributed by atoms with van der Waals surface area (Å²) in [6.45, 7) is 0.426. The van der Waals surface area contributed by atoms with Crippen LogP contribution < -0.4 is 11.5 Å². The molecule has 0 amide bonds. The molecule has 5 nitrogen and oxygen atoms in total. The van der Waals surface area contributed by atoms with Gasteiger partial charge in [0.1, 0.15) is 5.01 Å². The molecule has 6 heteroatoms. The van der Waals surface area contributed by atoms with E-state index >= 15 is 0 Å². The van der Waals surface area contributed by atoms with Crippen LogP contribution in [0, 0.1) is 0 Å². The molecular formula is C13H13N5S. The van der Waals surface area contributed by atoms with E-state index in [1.165, 1.54) is 5.39 Å². The molecule has 0 aliphatic carbocycles. The van der Waals surface area contributed by atoms with Crippen molar-refractivity contribution in [2.24, 2.45) is 16.5 Å². The summed E-state index contributed by atoms with van der Waals surface area (Å²) in [5.74, 6) is 0.0869. The highest BCUT2D eigenvalue weighted by molar-refractivity contribution is 7.09. The van der Waals surface area contributed by atoms with E-state index in [9.17, 15) is 0 Å². The van der Waals surface area contributed by atoms with E-state index in [4.69, 9.17) is 11.5 Å². The van der Waals surface area contributed by atoms with Gasteiger partial charge in [-0.15, -0.1) is 11.3 Å². The molecule has 3 rings (SSSR count). The van der Waals surface area contributed by atoms with Crippen molar-refractivity contribution in [1.29, 1.82) is 0 Å². The molecule has 0 bridgehead atoms. The summed E-state index contributed by atoms with van der Waals surface area (Å²) < 4.78 is 0. The number of aromatic nitrogens is 2. The van der Waals surface area contributed by atoms with Crippen LogP contribution in [0.4, 0.5) is 0 Å². The standard InChI is InChI=1S/C13H13N5S/c14-13(15)17-6-12-18-11(7-19-12)9-5-16-10-4-2-1-3-8(9)10/h1-5,7,16H,6H2,(H4,14,15,17). The molecular weight excluding hydrogens is 258 g/mol. The quantitative estimate of drug-likeness (QED) is 0.503. The summed E-state index contributed by atoms with van der Waals surface area (Å²) >= 11 is 1.56. The van der Waals surface area contributed by atoms with Crippen molar-refractivity contribution in [3.05, 3.63) is 40.8 Å². The van der Waals surface area contributed by atoms with E-state index in [2.05, 4.69) is 21.0 Å². The van der Waals surface area contributed by atoms with Crippen molar-refractivity contribution in [2.75, 3.05) is 0 Å². The van der Waals surface area contributed by atoms with Crippen molar-refractivity contribution in [3.8, 4) is 11.3 Å². The topological polar surface area (TPSA) is 93.1 Å². The first-order chi connectivity index (χ1) is 9.24. The monoisotopic (exact) mass is 271 g/mol. The van der Waals surface area contributed by atoms with Crippen LogP contribution in [0.15, 0.2) is 40.8 Å². The second-order valence-corrected chi connectivity index (χ2v) is 5.06. The maximum Gasteiger partial charge on any atom is 0.186 e. The highest BCUT2D eigenvalue weighted by Crippen LogP contribution is 2.29. The van der Waals surface area contributed by atoms with E-state index in [-0.39, 0.29) is 5.96 Å². The molecule has 1 aromatic carbocycles. The van der Waals surface area contributed by atoms with Gasteiger partial charge in [-0.25, -0.2) is 9.98 Å². The Kier molecular flexibility index (Phi) is 2.92. The van der Waals surface area contributed by atoms with Gasteiger partial charge in [-0.3, -0.25) is 0 Å². The third kappa shape index (κ3) is 2.30. The number of rotatable bonds is 3. The number of fused-ring (bicyclic) bond motifs is 1. The first-order valence-corrected chi connectivity index (χ1v) is 6.68. The van der Waals surface area contributed by atoms with Gasteiger partial charge >= 0.3 is 0 Å². The lowest BCUT2D eigenvalue weighted by Gasteiger charge is -1.94. The fourth-order valence-corrected chi connectivity index (χ4v) is 2.67. The zero-order chi connectivity index (χ0) is 13.2. The number of nitrogens with one attached hydrogen (secondary N) is 1. The predicted molar refractivity (Wildman–Crippen MR) is 78.9 cm³/mol. The zero-order valence-corrected chi connectivity index (χ0v) is 10.9. The molecule has 2 aromatic heterocycles. The van der Waals surface area contributed by atoms with Crippen LogP contribution in [-0.4, -0.2) is 15.9 Å². The van der Waals surface area contributed by atoms with Gasteiger partial charge in [-0.05, 0) is 6.07 Å². The summed E-state index contributed by atoms with van der Waals surface area (Å²) in [4.78, 5) is 11.8. The van der Waals surface area contributed by atoms with Gasteiger partial charge in [0.05, 0.1) is 12.2 Å². The summed E-state index contributed by atoms with van der Waals surface area (Å²) in [5, 5.41) is 4.09. The van der Waals surface area contributed by atoms with E-state index in [0.29, 0.717) is 6.54 Å². The second-order valence-electron chi connectivity index (χ2n) is 4.12. The number of aromatic amines is 1. The maximum atomic E-state index is 5.32. The van der Waals surface area contributed by atoms with Crippen LogP contribution in [0.25, 0.3) is 22.2 Å². The normalized spacial score (nSPS) is 10.7. The highest BCUT2D eigenvalue weighted by atomic mass is 32.1. The smallest absolute Gasteiger partial charge is 0.186 e. The third-order valence-electron chi connectivity index (χ3n) is 2.81. The third-order valence-corrected chi connectivity index (χ3v) is 3.65. The Bertz CT molecular complexity index is 736. The van der Waals surface area contributed by atoms with Gasteiger partial charge in [0.25, 0.3) is 0 Å². The number of H-pyrrole nitrogens is 1. The SMILES string of the molecule is NC(N)=NCc1nc(-c2c[nH]c3ccccc23)cs1. The minimum absolute atomic E-state index is 0.0869. The van der Waals surface area contributed by atoms with Gasteiger partial charge < -0.3 is 16.5 Å². The number of para-hydroxylation sites is 1. The van der Waals surface area contributed by atoms with Crippen molar-refractivity contribution >= 4 is 28.2 Å². The lowest BCUT2D eigenvalue weighted by atomic mass is 10.1. The fraction of sp³-hybridized carbons (Fsp3) is 0.0769. The van der Waals surface area contributed by atoms with Crippen molar-refractivity contribution in [2.45, 2.75) is 6.54 Å². The van der Waals surface area contributed by atoms with Gasteiger partial charge in [0.2, 0.25) is 0 Å². The van der Waals surface area contributed by atoms with Crippen LogP contribution in [0.1, 0.15) is 5.01 Å². The number of thiazole rings is 1. The molecule has 3 aromatic rings. The number of nitrogens with two attached hydrogens (primary N) is 2. The molecule has 0 unspecified atom stereocenters. The Labute approximate surface area is 114 Å². The average molecular weight is 271 g/mol. The molecule has 0 spiro atoms. The molecule has 0 radical (unpaired) electrons. The first-order valence-electron chi connectivity index (χ1n) is 5.80. The van der Waals surface area contributed by atoms with Gasteiger partial charge in [0, 0.05) is 28.0 Å². The minimum Gasteiger partial charge on any atom is -0.370 e. The van der Waals surface area contributed by atoms with E-state index in [1.807, 2.05) is 29.8 Å². The van der Waals surface area contributed by atoms with E-state index < -0.39 is 0 Å². The second kappa shape index (κ2) is 4.74. The Balaban J connectivity index is 1.96. The maximum absolute atomic E-state index is 5.32. The van der Waals surface area contributed by atoms with Crippen LogP contribution in [-0.2, 0) is 6.54 Å². The number of nitrogens with zero attached hydrogens (tertiary/aromatic N) is 2. The Morgan fingerprint density at radius 2 is 2.16 bits per heavy atom. The van der Waals surface area contributed by atoms with Crippen LogP contribution in [0.3, 0.4) is 0 Å². The number of hydrogen-bond acceptors (Lipinski definition) is 3. The molecule has 0 fully saturated rings. The Morgan fingerprint density at radius 3 is 3.00 bits per heavy atom. The summed E-state index contributed by atoms with van der Waals surface area (Å²) in [7, 11) is 0. The minimum atomic E-state index is 0.0869. The average Bonchev–Trinajstić information content (AvgIpc) is 3.02. The molecule has 19 heavy (non-hydrogen) atoms. The van der Waals surface area contributed by atoms with Gasteiger partial charge in [0.15, 0.2) is 5.96 Å². The van der Waals surface area contributed by atoms with Crippen LogP contribution >= 0.6 is 11.3 Å². The zero-order valence-electron chi connectivity index (χ0n) is 10.1. The number of aliphatic imine (C=N–C) groups is 1. The highest BCUT2D eigenvalue weighted by Gasteiger charge is 2.09. The van der Waals surface area contributed by atoms with E-state index in [0.717, 1.165) is 21.8 Å². The molecule has 0 aliphatic rings. The summed E-state index contributed by atoms with van der Waals surface area (Å²) in [6.07, 6.45) is 1.98. The first kappa shape index (κ1) is 11.7. The van der Waals surface area contributed by atoms with E-state index in [1.54, 1.807) is 11.3 Å². The summed E-state index contributed by atoms with van der Waals surface area (Å²) in [5.41, 5.74) is 13.8.